The van der Waals surface area contributed by atoms with Gasteiger partial charge in [0, 0.05) is 6.42 Å². The molecule has 0 aliphatic heterocycles. The van der Waals surface area contributed by atoms with E-state index in [-0.39, 0.29) is 6.42 Å². The lowest BCUT2D eigenvalue weighted by Crippen LogP contribution is -1.91. The number of carboxylic acid groups (broad SMARTS) is 1. The lowest BCUT2D eigenvalue weighted by Gasteiger charge is -2.01. The summed E-state index contributed by atoms with van der Waals surface area (Å²) in [5.41, 5.74) is 0.964. The van der Waals surface area contributed by atoms with Crippen LogP contribution in [0.3, 0.4) is 0 Å². The van der Waals surface area contributed by atoms with Crippen LogP contribution in [0.1, 0.15) is 31.2 Å². The van der Waals surface area contributed by atoms with Crippen LogP contribution in [0, 0.1) is 0 Å². The first-order valence-corrected chi connectivity index (χ1v) is 5.84. The molecule has 2 N–H and O–H groups in total. The van der Waals surface area contributed by atoms with Crippen LogP contribution in [-0.2, 0) is 11.2 Å². The first-order valence-electron chi connectivity index (χ1n) is 5.84. The number of aromatic hydroxyl groups is 1. The molecule has 92 valence electrons. The molecular weight excluding hydrogens is 216 g/mol. The second-order valence-corrected chi connectivity index (χ2v) is 3.92. The summed E-state index contributed by atoms with van der Waals surface area (Å²) in [7, 11) is 0. The number of benzene rings is 1. The van der Waals surface area contributed by atoms with Crippen molar-refractivity contribution in [2.24, 2.45) is 0 Å². The summed E-state index contributed by atoms with van der Waals surface area (Å²) in [5, 5.41) is 18.0. The maximum Gasteiger partial charge on any atom is 0.303 e. The third-order valence-corrected chi connectivity index (χ3v) is 2.50. The highest BCUT2D eigenvalue weighted by Gasteiger charge is 1.97. The Kier molecular flexibility index (Phi) is 5.86. The van der Waals surface area contributed by atoms with E-state index in [9.17, 15) is 9.90 Å². The van der Waals surface area contributed by atoms with Crippen molar-refractivity contribution in [2.75, 3.05) is 0 Å². The van der Waals surface area contributed by atoms with Crippen molar-refractivity contribution in [3.05, 3.63) is 42.0 Å². The Labute approximate surface area is 101 Å². The second-order valence-electron chi connectivity index (χ2n) is 3.92. The fourth-order valence-electron chi connectivity index (χ4n) is 1.58. The van der Waals surface area contributed by atoms with Gasteiger partial charge in [0.1, 0.15) is 5.75 Å². The smallest absolute Gasteiger partial charge is 0.303 e. The molecule has 0 bridgehead atoms. The Morgan fingerprint density at radius 2 is 1.88 bits per heavy atom. The Morgan fingerprint density at radius 1 is 1.18 bits per heavy atom. The number of hydrogen-bond acceptors (Lipinski definition) is 2. The standard InChI is InChI=1S/C14H18O3/c15-13-10-7-6-9-12(13)8-4-2-1-3-5-11-14(16)17/h1,3,6-7,9-10,15H,2,4-5,8,11H2,(H,16,17). The number of para-hydroxylation sites is 1. The molecule has 0 saturated carbocycles. The quantitative estimate of drug-likeness (QED) is 0.563. The topological polar surface area (TPSA) is 57.5 Å². The lowest BCUT2D eigenvalue weighted by atomic mass is 10.1. The van der Waals surface area contributed by atoms with E-state index >= 15 is 0 Å². The highest BCUT2D eigenvalue weighted by atomic mass is 16.4. The average Bonchev–Trinajstić information content (AvgIpc) is 2.30. The average molecular weight is 234 g/mol. The molecule has 0 fully saturated rings. The zero-order valence-corrected chi connectivity index (χ0v) is 9.80. The van der Waals surface area contributed by atoms with Crippen LogP contribution < -0.4 is 0 Å². The van der Waals surface area contributed by atoms with Gasteiger partial charge in [-0.25, -0.2) is 0 Å². The maximum absolute atomic E-state index is 10.2. The van der Waals surface area contributed by atoms with Gasteiger partial charge >= 0.3 is 5.97 Å². The predicted octanol–water partition coefficient (Wildman–Crippen LogP) is 3.14. The van der Waals surface area contributed by atoms with Crippen molar-refractivity contribution in [1.82, 2.24) is 0 Å². The monoisotopic (exact) mass is 234 g/mol. The normalized spacial score (nSPS) is 10.8. The summed E-state index contributed by atoms with van der Waals surface area (Å²) >= 11 is 0. The van der Waals surface area contributed by atoms with E-state index in [4.69, 9.17) is 5.11 Å². The zero-order valence-electron chi connectivity index (χ0n) is 9.80. The number of unbranched alkanes of at least 4 members (excludes halogenated alkanes) is 1. The van der Waals surface area contributed by atoms with Gasteiger partial charge in [0.25, 0.3) is 0 Å². The molecule has 3 nitrogen and oxygen atoms in total. The van der Waals surface area contributed by atoms with Crippen molar-refractivity contribution in [1.29, 1.82) is 0 Å². The van der Waals surface area contributed by atoms with Crippen LogP contribution in [0.4, 0.5) is 0 Å². The van der Waals surface area contributed by atoms with Crippen LogP contribution in [-0.4, -0.2) is 16.2 Å². The third-order valence-electron chi connectivity index (χ3n) is 2.50. The van der Waals surface area contributed by atoms with Gasteiger partial charge in [0.2, 0.25) is 0 Å². The molecule has 1 aromatic carbocycles. The summed E-state index contributed by atoms with van der Waals surface area (Å²) in [6.07, 6.45) is 7.40. The number of rotatable bonds is 7. The summed E-state index contributed by atoms with van der Waals surface area (Å²) < 4.78 is 0. The number of phenols is 1. The van der Waals surface area contributed by atoms with Crippen molar-refractivity contribution >= 4 is 5.97 Å². The van der Waals surface area contributed by atoms with Gasteiger partial charge in [-0.3, -0.25) is 4.79 Å². The molecule has 0 amide bonds. The number of carbonyl (C=O) groups is 1. The first kappa shape index (κ1) is 13.3. The third kappa shape index (κ3) is 5.76. The maximum atomic E-state index is 10.2. The first-order chi connectivity index (χ1) is 8.20. The Balaban J connectivity index is 2.16. The van der Waals surface area contributed by atoms with Crippen molar-refractivity contribution in [3.8, 4) is 5.75 Å². The zero-order chi connectivity index (χ0) is 12.5. The van der Waals surface area contributed by atoms with Crippen molar-refractivity contribution in [2.45, 2.75) is 32.1 Å². The van der Waals surface area contributed by atoms with Crippen LogP contribution in [0.15, 0.2) is 36.4 Å². The van der Waals surface area contributed by atoms with Gasteiger partial charge in [0.05, 0.1) is 0 Å². The molecule has 1 aromatic rings. The molecule has 0 aliphatic rings. The summed E-state index contributed by atoms with van der Waals surface area (Å²) in [6, 6.07) is 7.34. The summed E-state index contributed by atoms with van der Waals surface area (Å²) in [5.74, 6) is -0.411. The highest BCUT2D eigenvalue weighted by Crippen LogP contribution is 2.17. The van der Waals surface area contributed by atoms with E-state index in [1.54, 1.807) is 6.07 Å². The molecule has 0 unspecified atom stereocenters. The Bertz CT molecular complexity index is 383. The minimum absolute atomic E-state index is 0.190. The molecule has 0 atom stereocenters. The van der Waals surface area contributed by atoms with Crippen LogP contribution in [0.25, 0.3) is 0 Å². The van der Waals surface area contributed by atoms with Gasteiger partial charge < -0.3 is 10.2 Å². The van der Waals surface area contributed by atoms with Crippen molar-refractivity contribution < 1.29 is 15.0 Å². The molecule has 0 aliphatic carbocycles. The summed E-state index contributed by atoms with van der Waals surface area (Å²) in [4.78, 5) is 10.2. The SMILES string of the molecule is O=C(O)CCC=CCCCc1ccccc1O. The van der Waals surface area contributed by atoms with Gasteiger partial charge in [0.15, 0.2) is 0 Å². The van der Waals surface area contributed by atoms with Gasteiger partial charge in [-0.05, 0) is 37.3 Å². The fraction of sp³-hybridized carbons (Fsp3) is 0.357. The van der Waals surface area contributed by atoms with E-state index in [0.29, 0.717) is 12.2 Å². The number of hydrogen-bond donors (Lipinski definition) is 2. The van der Waals surface area contributed by atoms with Gasteiger partial charge in [-0.2, -0.15) is 0 Å². The molecule has 0 saturated heterocycles. The number of allylic oxidation sites excluding steroid dienone is 2. The Hall–Kier alpha value is -1.77. The molecule has 0 heterocycles. The molecule has 0 spiro atoms. The predicted molar refractivity (Wildman–Crippen MR) is 67.1 cm³/mol. The van der Waals surface area contributed by atoms with E-state index < -0.39 is 5.97 Å². The van der Waals surface area contributed by atoms with Crippen LogP contribution in [0.5, 0.6) is 5.75 Å². The molecule has 0 aromatic heterocycles. The minimum atomic E-state index is -0.760. The molecular formula is C14H18O3. The molecule has 17 heavy (non-hydrogen) atoms. The summed E-state index contributed by atoms with van der Waals surface area (Å²) in [6.45, 7) is 0. The molecule has 1 rings (SSSR count). The van der Waals surface area contributed by atoms with Gasteiger partial charge in [-0.1, -0.05) is 30.4 Å². The van der Waals surface area contributed by atoms with Crippen molar-refractivity contribution in [3.63, 3.8) is 0 Å². The van der Waals surface area contributed by atoms with E-state index in [1.165, 1.54) is 0 Å². The number of aryl methyl sites for hydroxylation is 1. The molecule has 3 heteroatoms. The van der Waals surface area contributed by atoms with E-state index in [0.717, 1.165) is 24.8 Å². The van der Waals surface area contributed by atoms with Crippen LogP contribution in [0.2, 0.25) is 0 Å². The number of carboxylic acids is 1. The Morgan fingerprint density at radius 3 is 2.59 bits per heavy atom. The fourth-order valence-corrected chi connectivity index (χ4v) is 1.58. The van der Waals surface area contributed by atoms with E-state index in [2.05, 4.69) is 0 Å². The lowest BCUT2D eigenvalue weighted by molar-refractivity contribution is -0.136. The van der Waals surface area contributed by atoms with Gasteiger partial charge in [-0.15, -0.1) is 0 Å². The minimum Gasteiger partial charge on any atom is -0.508 e. The van der Waals surface area contributed by atoms with E-state index in [1.807, 2.05) is 30.4 Å². The second kappa shape index (κ2) is 7.49. The van der Waals surface area contributed by atoms with Crippen LogP contribution >= 0.6 is 0 Å². The number of aliphatic carboxylic acids is 1. The largest absolute Gasteiger partial charge is 0.508 e. The highest BCUT2D eigenvalue weighted by molar-refractivity contribution is 5.66. The number of phenolic OH excluding ortho intramolecular Hbond substituents is 1. The molecule has 0 radical (unpaired) electrons.